The average Bonchev–Trinajstić information content (AvgIpc) is 3.38. The van der Waals surface area contributed by atoms with Gasteiger partial charge in [0.15, 0.2) is 0 Å². The molecule has 1 aromatic heterocycles. The van der Waals surface area contributed by atoms with Crippen molar-refractivity contribution in [2.24, 2.45) is 5.73 Å². The van der Waals surface area contributed by atoms with Gasteiger partial charge in [-0.3, -0.25) is 9.59 Å². The molecule has 0 bridgehead atoms. The van der Waals surface area contributed by atoms with E-state index in [4.69, 9.17) is 10.5 Å². The molecule has 6 N–H and O–H groups in total. The predicted octanol–water partition coefficient (Wildman–Crippen LogP) is 5.41. The zero-order valence-electron chi connectivity index (χ0n) is 23.8. The molecule has 4 aromatic carbocycles. The number of aromatic nitrogens is 1. The molecule has 8 nitrogen and oxygen atoms in total. The molecule has 216 valence electrons. The van der Waals surface area contributed by atoms with E-state index in [1.807, 2.05) is 48.5 Å². The molecule has 0 aliphatic rings. The van der Waals surface area contributed by atoms with Gasteiger partial charge in [-0.15, -0.1) is 0 Å². The van der Waals surface area contributed by atoms with Crippen molar-refractivity contribution in [2.75, 3.05) is 18.5 Å². The summed E-state index contributed by atoms with van der Waals surface area (Å²) in [7, 11) is 0. The van der Waals surface area contributed by atoms with Crippen molar-refractivity contribution in [1.29, 1.82) is 0 Å². The zero-order valence-corrected chi connectivity index (χ0v) is 23.8. The second-order valence-corrected chi connectivity index (χ2v) is 11.2. The van der Waals surface area contributed by atoms with Crippen LogP contribution in [0.5, 0.6) is 5.75 Å². The van der Waals surface area contributed by atoms with E-state index in [1.54, 1.807) is 36.4 Å². The fourth-order valence-electron chi connectivity index (χ4n) is 4.92. The maximum absolute atomic E-state index is 12.6. The van der Waals surface area contributed by atoms with Crippen LogP contribution in [-0.4, -0.2) is 46.7 Å². The van der Waals surface area contributed by atoms with Crippen LogP contribution in [0.3, 0.4) is 0 Å². The lowest BCUT2D eigenvalue weighted by Gasteiger charge is -2.28. The molecule has 5 aromatic rings. The molecule has 42 heavy (non-hydrogen) atoms. The summed E-state index contributed by atoms with van der Waals surface area (Å²) in [5.41, 5.74) is 9.74. The van der Waals surface area contributed by atoms with E-state index in [2.05, 4.69) is 35.5 Å². The van der Waals surface area contributed by atoms with E-state index in [0.29, 0.717) is 23.4 Å². The highest BCUT2D eigenvalue weighted by Crippen LogP contribution is 2.33. The van der Waals surface area contributed by atoms with Crippen molar-refractivity contribution < 1.29 is 19.4 Å². The van der Waals surface area contributed by atoms with Crippen molar-refractivity contribution in [3.8, 4) is 5.75 Å². The highest BCUT2D eigenvalue weighted by Gasteiger charge is 2.19. The number of β-amino-alcohol motifs (C(OH)–C–C–N with tert-alkyl or cyclic N) is 1. The van der Waals surface area contributed by atoms with Crippen molar-refractivity contribution in [2.45, 2.75) is 38.3 Å². The van der Waals surface area contributed by atoms with Crippen molar-refractivity contribution in [3.05, 3.63) is 108 Å². The van der Waals surface area contributed by atoms with E-state index >= 15 is 0 Å². The van der Waals surface area contributed by atoms with Crippen molar-refractivity contribution >= 4 is 39.3 Å². The van der Waals surface area contributed by atoms with Crippen LogP contribution >= 0.6 is 0 Å². The number of aliphatic hydroxyl groups is 1. The Morgan fingerprint density at radius 2 is 1.60 bits per heavy atom. The van der Waals surface area contributed by atoms with Gasteiger partial charge in [-0.2, -0.15) is 0 Å². The number of nitrogens with two attached hydrogens (primary N) is 1. The number of para-hydroxylation sites is 1. The van der Waals surface area contributed by atoms with Crippen LogP contribution in [-0.2, 0) is 6.42 Å². The predicted molar refractivity (Wildman–Crippen MR) is 167 cm³/mol. The Balaban J connectivity index is 1.08. The fraction of sp³-hybridized carbons (Fsp3) is 0.235. The lowest BCUT2D eigenvalue weighted by molar-refractivity contribution is 0.0989. The Morgan fingerprint density at radius 1 is 0.905 bits per heavy atom. The summed E-state index contributed by atoms with van der Waals surface area (Å²) >= 11 is 0. The molecule has 0 aliphatic carbocycles. The largest absolute Gasteiger partial charge is 0.490 e. The highest BCUT2D eigenvalue weighted by atomic mass is 16.5. The number of nitrogens with one attached hydrogen (secondary N) is 3. The minimum Gasteiger partial charge on any atom is -0.490 e. The van der Waals surface area contributed by atoms with E-state index < -0.39 is 12.0 Å². The molecule has 0 radical (unpaired) electrons. The number of fused-ring (bicyclic) bond motifs is 3. The molecule has 1 unspecified atom stereocenters. The number of amides is 2. The summed E-state index contributed by atoms with van der Waals surface area (Å²) < 4.78 is 6.06. The van der Waals surface area contributed by atoms with Gasteiger partial charge >= 0.3 is 0 Å². The molecule has 2 amide bonds. The van der Waals surface area contributed by atoms with Crippen LogP contribution in [0.4, 0.5) is 5.69 Å². The number of hydrogen-bond acceptors (Lipinski definition) is 5. The fourth-order valence-corrected chi connectivity index (χ4v) is 4.92. The SMILES string of the molecule is CC(C)(CCc1ccc(C(=O)Nc2ccc(C(N)=O)cc2)cc1)NCC(O)COc1cccc2[nH]c3ccccc3c12. The quantitative estimate of drug-likeness (QED) is 0.138. The highest BCUT2D eigenvalue weighted by molar-refractivity contribution is 6.10. The first-order chi connectivity index (χ1) is 20.2. The van der Waals surface area contributed by atoms with Gasteiger partial charge in [0.05, 0.1) is 5.52 Å². The zero-order chi connectivity index (χ0) is 29.7. The van der Waals surface area contributed by atoms with Crippen molar-refractivity contribution in [1.82, 2.24) is 10.3 Å². The van der Waals surface area contributed by atoms with Gasteiger partial charge < -0.3 is 31.2 Å². The first-order valence-corrected chi connectivity index (χ1v) is 14.0. The Labute approximate surface area is 244 Å². The standard InChI is InChI=1S/C34H36N4O4/c1-34(2,19-18-22-10-12-24(13-11-22)33(41)37-25-16-14-23(15-17-25)32(35)40)36-20-26(39)21-42-30-9-5-8-29-31(30)27-6-3-4-7-28(27)38-29/h3-17,26,36,38-39H,18-21H2,1-2H3,(H2,35,40)(H,37,41). The average molecular weight is 565 g/mol. The van der Waals surface area contributed by atoms with E-state index in [9.17, 15) is 14.7 Å². The van der Waals surface area contributed by atoms with Gasteiger partial charge in [-0.1, -0.05) is 36.4 Å². The Morgan fingerprint density at radius 3 is 2.33 bits per heavy atom. The number of carbonyl (C=O) groups is 2. The number of aryl methyl sites for hydroxylation is 1. The third-order valence-electron chi connectivity index (χ3n) is 7.42. The lowest BCUT2D eigenvalue weighted by Crippen LogP contribution is -2.45. The van der Waals surface area contributed by atoms with Gasteiger partial charge in [0.25, 0.3) is 5.91 Å². The summed E-state index contributed by atoms with van der Waals surface area (Å²) in [5.74, 6) is 0.0105. The molecule has 0 spiro atoms. The number of carbonyl (C=O) groups excluding carboxylic acids is 2. The summed E-state index contributed by atoms with van der Waals surface area (Å²) in [5, 5.41) is 19.1. The van der Waals surface area contributed by atoms with Crippen LogP contribution in [0.15, 0.2) is 91.0 Å². The molecule has 1 atom stereocenters. The Kier molecular flexibility index (Phi) is 8.56. The molecular formula is C34H36N4O4. The molecule has 1 heterocycles. The molecule has 0 saturated heterocycles. The molecule has 8 heteroatoms. The number of hydrogen-bond donors (Lipinski definition) is 5. The minimum absolute atomic E-state index is 0.181. The van der Waals surface area contributed by atoms with Gasteiger partial charge in [0.1, 0.15) is 18.5 Å². The van der Waals surface area contributed by atoms with Crippen molar-refractivity contribution in [3.63, 3.8) is 0 Å². The third-order valence-corrected chi connectivity index (χ3v) is 7.42. The number of H-pyrrole nitrogens is 1. The van der Waals surface area contributed by atoms with Gasteiger partial charge in [-0.25, -0.2) is 0 Å². The first kappa shape index (κ1) is 28.9. The monoisotopic (exact) mass is 564 g/mol. The second kappa shape index (κ2) is 12.5. The summed E-state index contributed by atoms with van der Waals surface area (Å²) in [4.78, 5) is 27.2. The molecule has 0 saturated carbocycles. The maximum atomic E-state index is 12.6. The number of aliphatic hydroxyl groups excluding tert-OH is 1. The van der Waals surface area contributed by atoms with Gasteiger partial charge in [0.2, 0.25) is 5.91 Å². The number of ether oxygens (including phenoxy) is 1. The van der Waals surface area contributed by atoms with Crippen LogP contribution in [0.2, 0.25) is 0 Å². The summed E-state index contributed by atoms with van der Waals surface area (Å²) in [6, 6.07) is 28.0. The van der Waals surface area contributed by atoms with Crippen LogP contribution in [0.1, 0.15) is 46.5 Å². The number of anilines is 1. The lowest BCUT2D eigenvalue weighted by atomic mass is 9.94. The second-order valence-electron chi connectivity index (χ2n) is 11.2. The van der Waals surface area contributed by atoms with E-state index in [0.717, 1.165) is 46.0 Å². The normalized spacial score (nSPS) is 12.4. The van der Waals surface area contributed by atoms with Crippen LogP contribution in [0.25, 0.3) is 21.8 Å². The summed E-state index contributed by atoms with van der Waals surface area (Å²) in [6.07, 6.45) is 0.980. The third kappa shape index (κ3) is 6.97. The molecule has 0 aliphatic heterocycles. The Hall–Kier alpha value is -4.66. The van der Waals surface area contributed by atoms with Gasteiger partial charge in [0, 0.05) is 45.2 Å². The molecule has 0 fully saturated rings. The molecular weight excluding hydrogens is 528 g/mol. The maximum Gasteiger partial charge on any atom is 0.255 e. The van der Waals surface area contributed by atoms with E-state index in [-0.39, 0.29) is 18.1 Å². The van der Waals surface area contributed by atoms with Gasteiger partial charge in [-0.05, 0) is 86.8 Å². The van der Waals surface area contributed by atoms with Crippen LogP contribution < -0.4 is 21.1 Å². The van der Waals surface area contributed by atoms with Crippen LogP contribution in [0, 0.1) is 0 Å². The minimum atomic E-state index is -0.672. The Bertz CT molecular complexity index is 1690. The van der Waals surface area contributed by atoms with E-state index in [1.165, 1.54) is 0 Å². The molecule has 5 rings (SSSR count). The summed E-state index contributed by atoms with van der Waals surface area (Å²) in [6.45, 7) is 4.80. The number of rotatable bonds is 12. The number of primary amides is 1. The number of aromatic amines is 1. The topological polar surface area (TPSA) is 129 Å². The smallest absolute Gasteiger partial charge is 0.255 e. The first-order valence-electron chi connectivity index (χ1n) is 14.0. The number of benzene rings is 4.